The predicted octanol–water partition coefficient (Wildman–Crippen LogP) is 3.67. The molecule has 104 valence electrons. The number of ether oxygens (including phenoxy) is 1. The fraction of sp³-hybridized carbons (Fsp3) is 0.333. The van der Waals surface area contributed by atoms with Gasteiger partial charge in [-0.2, -0.15) is 18.4 Å². The zero-order chi connectivity index (χ0) is 14.8. The van der Waals surface area contributed by atoms with Crippen LogP contribution in [0.15, 0.2) is 6.07 Å². The molecule has 0 aromatic carbocycles. The lowest BCUT2D eigenvalue weighted by molar-refractivity contribution is -0.275. The third-order valence-electron chi connectivity index (χ3n) is 1.80. The second-order valence-electron chi connectivity index (χ2n) is 3.16. The smallest absolute Gasteiger partial charge is 0.405 e. The maximum atomic E-state index is 12.4. The Bertz CT molecular complexity index is 519. The molecule has 0 aliphatic carbocycles. The third kappa shape index (κ3) is 4.41. The van der Waals surface area contributed by atoms with Gasteiger partial charge in [-0.3, -0.25) is 0 Å². The molecule has 0 atom stereocenters. The molecule has 1 aromatic rings. The lowest BCUT2D eigenvalue weighted by atomic mass is 10.2. The van der Waals surface area contributed by atoms with Crippen LogP contribution in [0.3, 0.4) is 0 Å². The highest BCUT2D eigenvalue weighted by Gasteiger charge is 2.37. The summed E-state index contributed by atoms with van der Waals surface area (Å²) < 4.78 is 76.8. The minimum atomic E-state index is -5.16. The van der Waals surface area contributed by atoms with Gasteiger partial charge in [-0.15, -0.1) is 13.2 Å². The van der Waals surface area contributed by atoms with Gasteiger partial charge in [-0.25, -0.2) is 4.98 Å². The molecule has 10 heteroatoms. The van der Waals surface area contributed by atoms with Crippen LogP contribution in [0.1, 0.15) is 11.3 Å². The second-order valence-corrected chi connectivity index (χ2v) is 4.18. The number of rotatable bonds is 2. The normalized spacial score (nSPS) is 12.1. The molecular formula is C9H3F6IN2O. The third-order valence-corrected chi connectivity index (χ3v) is 2.70. The molecule has 0 saturated heterocycles. The fourth-order valence-corrected chi connectivity index (χ4v) is 1.83. The molecule has 0 radical (unpaired) electrons. The van der Waals surface area contributed by atoms with Crippen LogP contribution in [0.25, 0.3) is 0 Å². The topological polar surface area (TPSA) is 45.9 Å². The average molecular weight is 396 g/mol. The van der Waals surface area contributed by atoms with Crippen LogP contribution in [-0.2, 0) is 12.6 Å². The number of nitrogens with zero attached hydrogens (tertiary/aromatic N) is 2. The molecule has 0 N–H and O–H groups in total. The van der Waals surface area contributed by atoms with Gasteiger partial charge in [-0.1, -0.05) is 0 Å². The summed E-state index contributed by atoms with van der Waals surface area (Å²) in [5, 5.41) is 8.46. The summed E-state index contributed by atoms with van der Waals surface area (Å²) in [7, 11) is 0. The van der Waals surface area contributed by atoms with Crippen LogP contribution >= 0.6 is 22.6 Å². The van der Waals surface area contributed by atoms with E-state index in [1.165, 1.54) is 28.7 Å². The van der Waals surface area contributed by atoms with Gasteiger partial charge < -0.3 is 4.74 Å². The number of alkyl halides is 6. The first-order valence-electron chi connectivity index (χ1n) is 4.44. The van der Waals surface area contributed by atoms with E-state index < -0.39 is 30.4 Å². The highest BCUT2D eigenvalue weighted by Crippen LogP contribution is 2.35. The van der Waals surface area contributed by atoms with Gasteiger partial charge in [0.2, 0.25) is 0 Å². The van der Waals surface area contributed by atoms with Crippen LogP contribution in [0, 0.1) is 15.0 Å². The molecule has 1 aromatic heterocycles. The Kier molecular flexibility index (Phi) is 4.49. The molecule has 1 heterocycles. The Hall–Kier alpha value is -1.25. The summed E-state index contributed by atoms with van der Waals surface area (Å²) in [4.78, 5) is 3.12. The number of nitriles is 1. The first-order valence-corrected chi connectivity index (χ1v) is 5.52. The number of aromatic nitrogens is 1. The van der Waals surface area contributed by atoms with Gasteiger partial charge in [0, 0.05) is 11.6 Å². The monoisotopic (exact) mass is 396 g/mol. The largest absolute Gasteiger partial charge is 0.573 e. The van der Waals surface area contributed by atoms with E-state index in [2.05, 4.69) is 9.72 Å². The minimum Gasteiger partial charge on any atom is -0.405 e. The molecule has 0 aliphatic heterocycles. The molecule has 0 amide bonds. The maximum Gasteiger partial charge on any atom is 0.573 e. The quantitative estimate of drug-likeness (QED) is 0.436. The zero-order valence-corrected chi connectivity index (χ0v) is 10.9. The lowest BCUT2D eigenvalue weighted by Gasteiger charge is -2.15. The predicted molar refractivity (Wildman–Crippen MR) is 58.0 cm³/mol. The Balaban J connectivity index is 3.38. The SMILES string of the molecule is N#CCc1c(OC(F)(F)F)cc(C(F)(F)F)nc1I. The van der Waals surface area contributed by atoms with Gasteiger partial charge in [0.05, 0.1) is 12.5 Å². The summed E-state index contributed by atoms with van der Waals surface area (Å²) in [5.41, 5.74) is -1.86. The first-order chi connectivity index (χ1) is 8.54. The van der Waals surface area contributed by atoms with Crippen molar-refractivity contribution in [3.05, 3.63) is 21.0 Å². The van der Waals surface area contributed by atoms with Gasteiger partial charge >= 0.3 is 12.5 Å². The van der Waals surface area contributed by atoms with E-state index in [1.54, 1.807) is 0 Å². The van der Waals surface area contributed by atoms with Crippen molar-refractivity contribution in [2.75, 3.05) is 0 Å². The molecular weight excluding hydrogens is 393 g/mol. The van der Waals surface area contributed by atoms with Crippen molar-refractivity contribution in [3.63, 3.8) is 0 Å². The van der Waals surface area contributed by atoms with Crippen molar-refractivity contribution >= 4 is 22.6 Å². The van der Waals surface area contributed by atoms with E-state index in [1.807, 2.05) is 0 Å². The van der Waals surface area contributed by atoms with Gasteiger partial charge in [-0.05, 0) is 22.6 Å². The Morgan fingerprint density at radius 2 is 1.84 bits per heavy atom. The van der Waals surface area contributed by atoms with Crippen molar-refractivity contribution in [1.29, 1.82) is 5.26 Å². The van der Waals surface area contributed by atoms with E-state index in [9.17, 15) is 26.3 Å². The van der Waals surface area contributed by atoms with E-state index in [0.29, 0.717) is 0 Å². The van der Waals surface area contributed by atoms with Crippen molar-refractivity contribution in [1.82, 2.24) is 4.98 Å². The van der Waals surface area contributed by atoms with Crippen LogP contribution in [-0.4, -0.2) is 11.3 Å². The van der Waals surface area contributed by atoms with Crippen LogP contribution in [0.2, 0.25) is 0 Å². The van der Waals surface area contributed by atoms with E-state index in [4.69, 9.17) is 5.26 Å². The Labute approximate surface area is 116 Å². The van der Waals surface area contributed by atoms with Crippen LogP contribution < -0.4 is 4.74 Å². The van der Waals surface area contributed by atoms with Crippen LogP contribution in [0.4, 0.5) is 26.3 Å². The van der Waals surface area contributed by atoms with Gasteiger partial charge in [0.15, 0.2) is 0 Å². The Morgan fingerprint density at radius 1 is 1.26 bits per heavy atom. The maximum absolute atomic E-state index is 12.4. The standard InChI is InChI=1S/C9H3F6IN2O/c10-8(11,12)6-3-5(19-9(13,14)15)4(1-2-17)7(16)18-6/h3H,1H2. The van der Waals surface area contributed by atoms with Crippen LogP contribution in [0.5, 0.6) is 5.75 Å². The summed E-state index contributed by atoms with van der Waals surface area (Å²) in [6.45, 7) is 0. The minimum absolute atomic E-state index is 0.127. The number of pyridine rings is 1. The summed E-state index contributed by atoms with van der Waals surface area (Å²) in [5.74, 6) is -1.07. The first kappa shape index (κ1) is 15.8. The molecule has 0 saturated carbocycles. The molecule has 0 bridgehead atoms. The fourth-order valence-electron chi connectivity index (χ4n) is 1.12. The van der Waals surface area contributed by atoms with Crippen molar-refractivity contribution in [3.8, 4) is 11.8 Å². The number of hydrogen-bond donors (Lipinski definition) is 0. The molecule has 0 fully saturated rings. The van der Waals surface area contributed by atoms with Gasteiger partial charge in [0.25, 0.3) is 0 Å². The van der Waals surface area contributed by atoms with E-state index in [-0.39, 0.29) is 15.3 Å². The van der Waals surface area contributed by atoms with Crippen molar-refractivity contribution in [2.24, 2.45) is 0 Å². The Morgan fingerprint density at radius 3 is 2.26 bits per heavy atom. The molecule has 3 nitrogen and oxygen atoms in total. The molecule has 19 heavy (non-hydrogen) atoms. The highest BCUT2D eigenvalue weighted by molar-refractivity contribution is 14.1. The van der Waals surface area contributed by atoms with E-state index in [0.717, 1.165) is 0 Å². The summed E-state index contributed by atoms with van der Waals surface area (Å²) >= 11 is 1.32. The van der Waals surface area contributed by atoms with E-state index >= 15 is 0 Å². The second kappa shape index (κ2) is 5.40. The molecule has 0 aliphatic rings. The van der Waals surface area contributed by atoms with Gasteiger partial charge in [0.1, 0.15) is 15.1 Å². The summed E-state index contributed by atoms with van der Waals surface area (Å²) in [6.07, 6.45) is -10.6. The van der Waals surface area contributed by atoms with Crippen molar-refractivity contribution in [2.45, 2.75) is 19.0 Å². The number of halogens is 7. The molecule has 0 spiro atoms. The molecule has 1 rings (SSSR count). The number of hydrogen-bond acceptors (Lipinski definition) is 3. The molecule has 0 unspecified atom stereocenters. The summed E-state index contributed by atoms with van der Waals surface area (Å²) in [6, 6.07) is 1.66. The van der Waals surface area contributed by atoms with Crippen molar-refractivity contribution < 1.29 is 31.1 Å². The lowest BCUT2D eigenvalue weighted by Crippen LogP contribution is -2.20. The average Bonchev–Trinajstić information content (AvgIpc) is 2.19. The highest BCUT2D eigenvalue weighted by atomic mass is 127. The zero-order valence-electron chi connectivity index (χ0n) is 8.73.